The molecule has 0 unspecified atom stereocenters. The van der Waals surface area contributed by atoms with Gasteiger partial charge in [0.25, 0.3) is 5.91 Å². The quantitative estimate of drug-likeness (QED) is 0.899. The highest BCUT2D eigenvalue weighted by atomic mass is 35.5. The number of carbonyl (C=O) groups excluding carboxylic acids is 1. The summed E-state index contributed by atoms with van der Waals surface area (Å²) in [6.07, 6.45) is 0. The number of hydrogen-bond donors (Lipinski definition) is 2. The Bertz CT molecular complexity index is 524. The van der Waals surface area contributed by atoms with Gasteiger partial charge in [-0.2, -0.15) is 0 Å². The average Bonchev–Trinajstić information content (AvgIpc) is 2.93. The number of thiazole rings is 1. The van der Waals surface area contributed by atoms with Crippen LogP contribution in [-0.4, -0.2) is 24.0 Å². The SMILES string of the molecule is Cc1ccc(-c2nc(C(=O)NCCN)cs2)o1.Cl. The summed E-state index contributed by atoms with van der Waals surface area (Å²) in [7, 11) is 0. The largest absolute Gasteiger partial charge is 0.459 e. The van der Waals surface area contributed by atoms with E-state index in [2.05, 4.69) is 10.3 Å². The first-order chi connectivity index (χ1) is 8.20. The van der Waals surface area contributed by atoms with Crippen LogP contribution in [0.5, 0.6) is 0 Å². The van der Waals surface area contributed by atoms with Gasteiger partial charge in [-0.1, -0.05) is 0 Å². The van der Waals surface area contributed by atoms with Gasteiger partial charge in [0.2, 0.25) is 0 Å². The number of rotatable bonds is 4. The normalized spacial score (nSPS) is 9.89. The van der Waals surface area contributed by atoms with Crippen molar-refractivity contribution in [3.8, 4) is 10.8 Å². The van der Waals surface area contributed by atoms with Crippen LogP contribution in [0, 0.1) is 6.92 Å². The Labute approximate surface area is 115 Å². The Morgan fingerprint density at radius 1 is 1.56 bits per heavy atom. The molecule has 0 saturated heterocycles. The second kappa shape index (κ2) is 6.53. The minimum Gasteiger partial charge on any atom is -0.459 e. The van der Waals surface area contributed by atoms with Crippen molar-refractivity contribution in [1.29, 1.82) is 0 Å². The molecule has 0 aromatic carbocycles. The lowest BCUT2D eigenvalue weighted by Gasteiger charge is -1.98. The first-order valence-electron chi connectivity index (χ1n) is 5.21. The predicted octanol–water partition coefficient (Wildman–Crippen LogP) is 1.82. The average molecular weight is 288 g/mol. The van der Waals surface area contributed by atoms with E-state index in [0.29, 0.717) is 29.6 Å². The van der Waals surface area contributed by atoms with Crippen molar-refractivity contribution in [3.05, 3.63) is 29.0 Å². The number of carbonyl (C=O) groups is 1. The summed E-state index contributed by atoms with van der Waals surface area (Å²) in [4.78, 5) is 15.8. The zero-order chi connectivity index (χ0) is 12.3. The van der Waals surface area contributed by atoms with E-state index >= 15 is 0 Å². The van der Waals surface area contributed by atoms with E-state index in [-0.39, 0.29) is 18.3 Å². The highest BCUT2D eigenvalue weighted by molar-refractivity contribution is 7.13. The van der Waals surface area contributed by atoms with Gasteiger partial charge in [0.05, 0.1) is 0 Å². The third-order valence-corrected chi connectivity index (χ3v) is 2.97. The van der Waals surface area contributed by atoms with Crippen LogP contribution in [0.1, 0.15) is 16.2 Å². The van der Waals surface area contributed by atoms with Gasteiger partial charge in [-0.3, -0.25) is 4.79 Å². The van der Waals surface area contributed by atoms with Crippen LogP contribution in [-0.2, 0) is 0 Å². The molecule has 0 bridgehead atoms. The first kappa shape index (κ1) is 14.7. The molecule has 0 aliphatic carbocycles. The molecule has 0 saturated carbocycles. The van der Waals surface area contributed by atoms with Crippen molar-refractivity contribution in [2.45, 2.75) is 6.92 Å². The molecule has 18 heavy (non-hydrogen) atoms. The van der Waals surface area contributed by atoms with Crippen LogP contribution in [0.2, 0.25) is 0 Å². The lowest BCUT2D eigenvalue weighted by Crippen LogP contribution is -2.29. The number of furan rings is 1. The van der Waals surface area contributed by atoms with Crippen LogP contribution < -0.4 is 11.1 Å². The molecule has 0 atom stereocenters. The number of hydrogen-bond acceptors (Lipinski definition) is 5. The molecule has 7 heteroatoms. The Morgan fingerprint density at radius 2 is 2.33 bits per heavy atom. The molecule has 0 aliphatic rings. The minimum atomic E-state index is -0.207. The Balaban J connectivity index is 0.00000162. The summed E-state index contributed by atoms with van der Waals surface area (Å²) in [5.41, 5.74) is 5.70. The predicted molar refractivity (Wildman–Crippen MR) is 73.2 cm³/mol. The third-order valence-electron chi connectivity index (χ3n) is 2.12. The minimum absolute atomic E-state index is 0. The van der Waals surface area contributed by atoms with Crippen LogP contribution >= 0.6 is 23.7 Å². The van der Waals surface area contributed by atoms with Crippen LogP contribution in [0.25, 0.3) is 10.8 Å². The molecule has 3 N–H and O–H groups in total. The molecular weight excluding hydrogens is 274 g/mol. The van der Waals surface area contributed by atoms with Crippen molar-refractivity contribution in [3.63, 3.8) is 0 Å². The van der Waals surface area contributed by atoms with E-state index in [1.165, 1.54) is 11.3 Å². The highest BCUT2D eigenvalue weighted by Crippen LogP contribution is 2.25. The fourth-order valence-corrected chi connectivity index (χ4v) is 2.08. The van der Waals surface area contributed by atoms with Crippen molar-refractivity contribution in [1.82, 2.24) is 10.3 Å². The Kier molecular flexibility index (Phi) is 5.33. The second-order valence-electron chi connectivity index (χ2n) is 3.49. The molecule has 98 valence electrons. The van der Waals surface area contributed by atoms with Gasteiger partial charge < -0.3 is 15.5 Å². The molecule has 0 spiro atoms. The topological polar surface area (TPSA) is 81.2 Å². The number of amides is 1. The van der Waals surface area contributed by atoms with Gasteiger partial charge in [-0.15, -0.1) is 23.7 Å². The standard InChI is InChI=1S/C11H13N3O2S.ClH/c1-7-2-3-9(16-7)11-14-8(6-17-11)10(15)13-5-4-12;/h2-3,6H,4-5,12H2,1H3,(H,13,15);1H. The van der Waals surface area contributed by atoms with Gasteiger partial charge in [-0.05, 0) is 19.1 Å². The Morgan fingerprint density at radius 3 is 2.94 bits per heavy atom. The monoisotopic (exact) mass is 287 g/mol. The summed E-state index contributed by atoms with van der Waals surface area (Å²) < 4.78 is 5.44. The smallest absolute Gasteiger partial charge is 0.270 e. The second-order valence-corrected chi connectivity index (χ2v) is 4.35. The summed E-state index contributed by atoms with van der Waals surface area (Å²) in [6.45, 7) is 2.73. The summed E-state index contributed by atoms with van der Waals surface area (Å²) in [5, 5.41) is 5.08. The maximum Gasteiger partial charge on any atom is 0.270 e. The van der Waals surface area contributed by atoms with Crippen molar-refractivity contribution in [2.24, 2.45) is 5.73 Å². The lowest BCUT2D eigenvalue weighted by atomic mass is 10.4. The third kappa shape index (κ3) is 3.32. The van der Waals surface area contributed by atoms with E-state index in [4.69, 9.17) is 10.2 Å². The van der Waals surface area contributed by atoms with E-state index in [0.717, 1.165) is 5.76 Å². The number of nitrogens with zero attached hydrogens (tertiary/aromatic N) is 1. The van der Waals surface area contributed by atoms with Gasteiger partial charge in [0, 0.05) is 18.5 Å². The van der Waals surface area contributed by atoms with E-state index in [1.807, 2.05) is 19.1 Å². The van der Waals surface area contributed by atoms with Gasteiger partial charge in [-0.25, -0.2) is 4.98 Å². The molecule has 1 amide bonds. The summed E-state index contributed by atoms with van der Waals surface area (Å²) >= 11 is 1.38. The molecule has 0 aliphatic heterocycles. The molecule has 2 aromatic heterocycles. The number of aromatic nitrogens is 1. The van der Waals surface area contributed by atoms with Gasteiger partial charge in [0.15, 0.2) is 10.8 Å². The van der Waals surface area contributed by atoms with Crippen LogP contribution in [0.4, 0.5) is 0 Å². The van der Waals surface area contributed by atoms with Crippen LogP contribution in [0.3, 0.4) is 0 Å². The first-order valence-corrected chi connectivity index (χ1v) is 6.09. The molecular formula is C11H14ClN3O2S. The number of nitrogens with two attached hydrogens (primary N) is 1. The molecule has 2 aromatic rings. The van der Waals surface area contributed by atoms with Crippen molar-refractivity contribution in [2.75, 3.05) is 13.1 Å². The number of aryl methyl sites for hydroxylation is 1. The molecule has 0 fully saturated rings. The fourth-order valence-electron chi connectivity index (χ4n) is 1.32. The zero-order valence-electron chi connectivity index (χ0n) is 9.80. The van der Waals surface area contributed by atoms with Crippen molar-refractivity contribution < 1.29 is 9.21 Å². The number of halogens is 1. The molecule has 5 nitrogen and oxygen atoms in total. The molecule has 0 radical (unpaired) electrons. The van der Waals surface area contributed by atoms with Gasteiger partial charge >= 0.3 is 0 Å². The Hall–Kier alpha value is -1.37. The van der Waals surface area contributed by atoms with Gasteiger partial charge in [0.1, 0.15) is 11.5 Å². The highest BCUT2D eigenvalue weighted by Gasteiger charge is 2.12. The van der Waals surface area contributed by atoms with E-state index < -0.39 is 0 Å². The van der Waals surface area contributed by atoms with Crippen molar-refractivity contribution >= 4 is 29.7 Å². The molecule has 2 heterocycles. The maximum atomic E-state index is 11.6. The van der Waals surface area contributed by atoms with E-state index in [9.17, 15) is 4.79 Å². The lowest BCUT2D eigenvalue weighted by molar-refractivity contribution is 0.0950. The number of nitrogens with one attached hydrogen (secondary N) is 1. The molecule has 2 rings (SSSR count). The maximum absolute atomic E-state index is 11.6. The summed E-state index contributed by atoms with van der Waals surface area (Å²) in [5.74, 6) is 1.30. The van der Waals surface area contributed by atoms with E-state index in [1.54, 1.807) is 5.38 Å². The van der Waals surface area contributed by atoms with Crippen LogP contribution in [0.15, 0.2) is 21.9 Å². The fraction of sp³-hybridized carbons (Fsp3) is 0.273. The summed E-state index contributed by atoms with van der Waals surface area (Å²) in [6, 6.07) is 3.71. The zero-order valence-corrected chi connectivity index (χ0v) is 11.4.